The van der Waals surface area contributed by atoms with E-state index in [4.69, 9.17) is 16.0 Å². The predicted molar refractivity (Wildman–Crippen MR) is 146 cm³/mol. The van der Waals surface area contributed by atoms with Crippen LogP contribution in [0.15, 0.2) is 36.4 Å². The first-order chi connectivity index (χ1) is 16.7. The molecule has 0 N–H and O–H groups in total. The lowest BCUT2D eigenvalue weighted by molar-refractivity contribution is -0.137. The van der Waals surface area contributed by atoms with E-state index in [0.717, 1.165) is 11.1 Å². The first kappa shape index (κ1) is 28.5. The Hall–Kier alpha value is -2.02. The third kappa shape index (κ3) is 6.27. The van der Waals surface area contributed by atoms with Gasteiger partial charge in [-0.05, 0) is 73.6 Å². The average molecular weight is 532 g/mol. The molecule has 0 fully saturated rings. The average Bonchev–Trinajstić information content (AvgIpc) is 2.78. The fourth-order valence-corrected chi connectivity index (χ4v) is 5.94. The molecule has 0 saturated carbocycles. The zero-order chi connectivity index (χ0) is 26.8. The number of nitrogens with zero attached hydrogens (tertiary/aromatic N) is 1. The largest absolute Gasteiger partial charge is 0.415 e. The van der Waals surface area contributed by atoms with Gasteiger partial charge in [-0.25, -0.2) is 4.39 Å². The summed E-state index contributed by atoms with van der Waals surface area (Å²) < 4.78 is 21.2. The molecule has 1 amide bonds. The monoisotopic (exact) mass is 531 g/mol. The van der Waals surface area contributed by atoms with Crippen LogP contribution >= 0.6 is 11.6 Å². The molecule has 1 aliphatic rings. The van der Waals surface area contributed by atoms with Gasteiger partial charge in [-0.1, -0.05) is 56.6 Å². The lowest BCUT2D eigenvalue weighted by Crippen LogP contribution is -2.52. The highest BCUT2D eigenvalue weighted by Gasteiger charge is 2.41. The molecule has 0 bridgehead atoms. The fraction of sp³-hybridized carbons (Fsp3) is 0.517. The Balaban J connectivity index is 1.98. The molecule has 0 aromatic heterocycles. The van der Waals surface area contributed by atoms with Gasteiger partial charge < -0.3 is 14.1 Å². The minimum Gasteiger partial charge on any atom is -0.415 e. The van der Waals surface area contributed by atoms with Crippen LogP contribution in [0.25, 0.3) is 0 Å². The van der Waals surface area contributed by atoms with E-state index in [2.05, 4.69) is 46.0 Å². The second-order valence-corrected chi connectivity index (χ2v) is 16.7. The highest BCUT2D eigenvalue weighted by atomic mass is 35.5. The summed E-state index contributed by atoms with van der Waals surface area (Å²) in [6.45, 7) is 15.0. The zero-order valence-electron chi connectivity index (χ0n) is 22.6. The smallest absolute Gasteiger partial charge is 0.228 e. The predicted octanol–water partition coefficient (Wildman–Crippen LogP) is 7.08. The van der Waals surface area contributed by atoms with Gasteiger partial charge in [0, 0.05) is 17.0 Å². The van der Waals surface area contributed by atoms with Crippen LogP contribution in [0.2, 0.25) is 23.2 Å². The summed E-state index contributed by atoms with van der Waals surface area (Å²) in [7, 11) is -2.07. The van der Waals surface area contributed by atoms with Crippen LogP contribution < -0.4 is 0 Å². The Kier molecular flexibility index (Phi) is 8.85. The van der Waals surface area contributed by atoms with E-state index in [1.54, 1.807) is 19.1 Å². The van der Waals surface area contributed by atoms with Crippen LogP contribution in [-0.2, 0) is 33.3 Å². The van der Waals surface area contributed by atoms with Crippen molar-refractivity contribution < 1.29 is 18.4 Å². The second-order valence-electron chi connectivity index (χ2n) is 11.5. The molecule has 1 aliphatic heterocycles. The van der Waals surface area contributed by atoms with Crippen molar-refractivity contribution in [3.63, 3.8) is 0 Å². The van der Waals surface area contributed by atoms with E-state index in [-0.39, 0.29) is 45.8 Å². The lowest BCUT2D eigenvalue weighted by atomic mass is 9.84. The molecule has 2 atom stereocenters. The van der Waals surface area contributed by atoms with Gasteiger partial charge in [0.1, 0.15) is 11.6 Å². The van der Waals surface area contributed by atoms with Crippen LogP contribution in [0, 0.1) is 5.82 Å². The van der Waals surface area contributed by atoms with Crippen molar-refractivity contribution in [2.45, 2.75) is 90.5 Å². The Morgan fingerprint density at radius 2 is 1.83 bits per heavy atom. The zero-order valence-corrected chi connectivity index (χ0v) is 24.3. The molecule has 0 radical (unpaired) electrons. The third-order valence-electron chi connectivity index (χ3n) is 7.88. The Labute approximate surface area is 221 Å². The standard InChI is InChI=1S/C29H39ClFNO3Si/c1-19(33)14-15-21-10-8-11-23-20(2)32(28(34)17-25-26(30)12-9-13-27(25)31)22(16-24(21)23)18-35-36(6,7)29(3,4)5/h8-13,20,22H,14-18H2,1-7H3/t20-,22+/m0/s1. The van der Waals surface area contributed by atoms with E-state index in [1.807, 2.05) is 17.9 Å². The van der Waals surface area contributed by atoms with Crippen molar-refractivity contribution in [1.29, 1.82) is 0 Å². The molecular formula is C29H39ClFNO3Si. The molecule has 0 unspecified atom stereocenters. The van der Waals surface area contributed by atoms with Gasteiger partial charge in [0.15, 0.2) is 8.32 Å². The van der Waals surface area contributed by atoms with Gasteiger partial charge in [0.25, 0.3) is 0 Å². The molecule has 2 aromatic carbocycles. The van der Waals surface area contributed by atoms with Gasteiger partial charge in [-0.2, -0.15) is 0 Å². The molecule has 0 aliphatic carbocycles. The SMILES string of the molecule is CC(=O)CCc1cccc2c1C[C@H](CO[Si](C)(C)C(C)(C)C)N(C(=O)Cc1c(F)cccc1Cl)[C@H]2C. The lowest BCUT2D eigenvalue weighted by Gasteiger charge is -2.45. The minimum absolute atomic E-state index is 0.0351. The number of benzene rings is 2. The molecule has 2 aromatic rings. The van der Waals surface area contributed by atoms with Crippen molar-refractivity contribution in [1.82, 2.24) is 4.90 Å². The first-order valence-electron chi connectivity index (χ1n) is 12.7. The normalized spacial score (nSPS) is 18.2. The Morgan fingerprint density at radius 1 is 1.17 bits per heavy atom. The molecule has 36 heavy (non-hydrogen) atoms. The number of ketones is 1. The second kappa shape index (κ2) is 11.2. The summed E-state index contributed by atoms with van der Waals surface area (Å²) >= 11 is 6.26. The van der Waals surface area contributed by atoms with Gasteiger partial charge in [-0.15, -0.1) is 0 Å². The minimum atomic E-state index is -2.07. The van der Waals surface area contributed by atoms with Crippen LogP contribution in [0.4, 0.5) is 4.39 Å². The number of hydrogen-bond acceptors (Lipinski definition) is 3. The first-order valence-corrected chi connectivity index (χ1v) is 16.0. The molecule has 0 spiro atoms. The fourth-order valence-electron chi connectivity index (χ4n) is 4.66. The Morgan fingerprint density at radius 3 is 2.44 bits per heavy atom. The van der Waals surface area contributed by atoms with E-state index in [1.165, 1.54) is 11.6 Å². The molecule has 7 heteroatoms. The van der Waals surface area contributed by atoms with Crippen LogP contribution in [0.3, 0.4) is 0 Å². The maximum absolute atomic E-state index is 14.5. The van der Waals surface area contributed by atoms with Gasteiger partial charge in [0.2, 0.25) is 5.91 Å². The van der Waals surface area contributed by atoms with Gasteiger partial charge in [0.05, 0.1) is 25.1 Å². The topological polar surface area (TPSA) is 46.6 Å². The number of rotatable bonds is 8. The summed E-state index contributed by atoms with van der Waals surface area (Å²) in [5, 5.41) is 0.293. The molecule has 4 nitrogen and oxygen atoms in total. The maximum atomic E-state index is 14.5. The summed E-state index contributed by atoms with van der Waals surface area (Å²) in [4.78, 5) is 27.3. The summed E-state index contributed by atoms with van der Waals surface area (Å²) in [6, 6.07) is 10.2. The van der Waals surface area contributed by atoms with Crippen molar-refractivity contribution >= 4 is 31.6 Å². The molecule has 3 rings (SSSR count). The number of amides is 1. The Bertz CT molecular complexity index is 1110. The molecule has 1 heterocycles. The van der Waals surface area contributed by atoms with Crippen LogP contribution in [0.1, 0.15) is 69.3 Å². The van der Waals surface area contributed by atoms with Gasteiger partial charge in [-0.3, -0.25) is 4.79 Å². The van der Waals surface area contributed by atoms with Gasteiger partial charge >= 0.3 is 0 Å². The molecule has 0 saturated heterocycles. The van der Waals surface area contributed by atoms with Crippen molar-refractivity contribution in [3.05, 3.63) is 69.5 Å². The van der Waals surface area contributed by atoms with E-state index >= 15 is 0 Å². The highest BCUT2D eigenvalue weighted by Crippen LogP contribution is 2.39. The van der Waals surface area contributed by atoms with Crippen LogP contribution in [0.5, 0.6) is 0 Å². The molecular weight excluding hydrogens is 493 g/mol. The van der Waals surface area contributed by atoms with Crippen LogP contribution in [-0.4, -0.2) is 37.6 Å². The number of hydrogen-bond donors (Lipinski definition) is 0. The number of carbonyl (C=O) groups is 2. The summed E-state index contributed by atoms with van der Waals surface area (Å²) in [5.41, 5.74) is 3.65. The number of fused-ring (bicyclic) bond motifs is 1. The quantitative estimate of drug-likeness (QED) is 0.342. The molecule has 196 valence electrons. The highest BCUT2D eigenvalue weighted by molar-refractivity contribution is 6.74. The summed E-state index contributed by atoms with van der Waals surface area (Å²) in [6.07, 6.45) is 1.70. The number of halogens is 2. The van der Waals surface area contributed by atoms with Crippen molar-refractivity contribution in [3.8, 4) is 0 Å². The summed E-state index contributed by atoms with van der Waals surface area (Å²) in [5.74, 6) is -0.479. The number of aryl methyl sites for hydroxylation is 1. The van der Waals surface area contributed by atoms with E-state index in [9.17, 15) is 14.0 Å². The van der Waals surface area contributed by atoms with Crippen molar-refractivity contribution in [2.75, 3.05) is 6.61 Å². The van der Waals surface area contributed by atoms with Crippen molar-refractivity contribution in [2.24, 2.45) is 0 Å². The number of Topliss-reactive ketones (excluding diaryl/α,β-unsaturated/α-hetero) is 1. The van der Waals surface area contributed by atoms with E-state index in [0.29, 0.717) is 25.9 Å². The number of carbonyl (C=O) groups excluding carboxylic acids is 2. The third-order valence-corrected chi connectivity index (χ3v) is 12.7. The maximum Gasteiger partial charge on any atom is 0.228 e. The van der Waals surface area contributed by atoms with E-state index < -0.39 is 14.1 Å².